The van der Waals surface area contributed by atoms with Gasteiger partial charge in [-0.3, -0.25) is 4.74 Å². The van der Waals surface area contributed by atoms with Gasteiger partial charge in [-0.05, 0) is 6.92 Å². The van der Waals surface area contributed by atoms with E-state index in [9.17, 15) is 13.2 Å². The first kappa shape index (κ1) is 12.0. The number of hydrogen-bond donors (Lipinski definition) is 1. The van der Waals surface area contributed by atoms with Crippen LogP contribution in [-0.4, -0.2) is 31.4 Å². The second-order valence-electron chi connectivity index (χ2n) is 2.28. The first-order chi connectivity index (χ1) is 5.42. The number of nitrogens with one attached hydrogen (secondary N) is 1. The van der Waals surface area contributed by atoms with Crippen molar-refractivity contribution in [2.24, 2.45) is 0 Å². The molecule has 0 saturated heterocycles. The number of rotatable bonds is 5. The van der Waals surface area contributed by atoms with Crippen molar-refractivity contribution in [2.45, 2.75) is 18.7 Å². The molecule has 6 heteroatoms. The highest BCUT2D eigenvalue weighted by molar-refractivity contribution is 6.20. The fraction of sp³-hybridized carbons (Fsp3) is 1.00. The lowest BCUT2D eigenvalue weighted by molar-refractivity contribution is -0.323. The quantitative estimate of drug-likeness (QED) is 0.545. The SMILES string of the molecule is CC(Cl)CNCCOC(F)(F)F. The van der Waals surface area contributed by atoms with Gasteiger partial charge < -0.3 is 5.32 Å². The molecule has 0 aliphatic rings. The summed E-state index contributed by atoms with van der Waals surface area (Å²) in [7, 11) is 0. The Morgan fingerprint density at radius 3 is 2.50 bits per heavy atom. The maximum Gasteiger partial charge on any atom is 0.522 e. The summed E-state index contributed by atoms with van der Waals surface area (Å²) in [5.41, 5.74) is 0. The molecule has 0 fully saturated rings. The average Bonchev–Trinajstić information content (AvgIpc) is 1.83. The van der Waals surface area contributed by atoms with E-state index in [0.717, 1.165) is 0 Å². The second-order valence-corrected chi connectivity index (χ2v) is 3.02. The van der Waals surface area contributed by atoms with Gasteiger partial charge in [-0.25, -0.2) is 0 Å². The molecule has 0 aromatic rings. The molecule has 0 radical (unpaired) electrons. The summed E-state index contributed by atoms with van der Waals surface area (Å²) in [6.07, 6.45) is -4.53. The molecule has 1 atom stereocenters. The zero-order valence-corrected chi connectivity index (χ0v) is 7.37. The first-order valence-corrected chi connectivity index (χ1v) is 3.91. The van der Waals surface area contributed by atoms with E-state index >= 15 is 0 Å². The molecular formula is C6H11ClF3NO. The second kappa shape index (κ2) is 5.61. The van der Waals surface area contributed by atoms with Crippen molar-refractivity contribution in [1.82, 2.24) is 5.32 Å². The summed E-state index contributed by atoms with van der Waals surface area (Å²) in [6.45, 7) is 1.99. The predicted molar refractivity (Wildman–Crippen MR) is 40.2 cm³/mol. The maximum absolute atomic E-state index is 11.4. The molecule has 0 heterocycles. The molecule has 2 nitrogen and oxygen atoms in total. The standard InChI is InChI=1S/C6H11ClF3NO/c1-5(7)4-11-2-3-12-6(8,9)10/h5,11H,2-4H2,1H3. The Balaban J connectivity index is 3.12. The van der Waals surface area contributed by atoms with Crippen molar-refractivity contribution >= 4 is 11.6 Å². The number of alkyl halides is 4. The Bertz CT molecular complexity index is 118. The normalized spacial score (nSPS) is 14.8. The van der Waals surface area contributed by atoms with Crippen molar-refractivity contribution in [3.8, 4) is 0 Å². The van der Waals surface area contributed by atoms with Crippen molar-refractivity contribution in [2.75, 3.05) is 19.7 Å². The van der Waals surface area contributed by atoms with Gasteiger partial charge in [-0.2, -0.15) is 0 Å². The van der Waals surface area contributed by atoms with Crippen molar-refractivity contribution in [3.05, 3.63) is 0 Å². The molecule has 0 rings (SSSR count). The molecule has 0 aromatic carbocycles. The van der Waals surface area contributed by atoms with Crippen LogP contribution in [0.4, 0.5) is 13.2 Å². The predicted octanol–water partition coefficient (Wildman–Crippen LogP) is 1.74. The van der Waals surface area contributed by atoms with Crippen molar-refractivity contribution < 1.29 is 17.9 Å². The minimum Gasteiger partial charge on any atom is -0.313 e. The Hall–Kier alpha value is -0.0000000000000000555. The summed E-state index contributed by atoms with van der Waals surface area (Å²) in [4.78, 5) is 0. The molecule has 74 valence electrons. The minimum atomic E-state index is -4.53. The van der Waals surface area contributed by atoms with E-state index in [2.05, 4.69) is 10.1 Å². The maximum atomic E-state index is 11.4. The zero-order chi connectivity index (χ0) is 9.61. The van der Waals surface area contributed by atoms with Crippen LogP contribution in [0.25, 0.3) is 0 Å². The van der Waals surface area contributed by atoms with Crippen LogP contribution in [0, 0.1) is 0 Å². The van der Waals surface area contributed by atoms with Crippen LogP contribution in [-0.2, 0) is 4.74 Å². The fourth-order valence-corrected chi connectivity index (χ4v) is 0.649. The molecule has 12 heavy (non-hydrogen) atoms. The molecule has 0 amide bonds. The Labute approximate surface area is 74.0 Å². The van der Waals surface area contributed by atoms with Gasteiger partial charge in [0.1, 0.15) is 0 Å². The Morgan fingerprint density at radius 1 is 1.50 bits per heavy atom. The highest BCUT2D eigenvalue weighted by atomic mass is 35.5. The van der Waals surface area contributed by atoms with Crippen LogP contribution in [0.5, 0.6) is 0 Å². The van der Waals surface area contributed by atoms with E-state index in [-0.39, 0.29) is 18.5 Å². The zero-order valence-electron chi connectivity index (χ0n) is 6.62. The average molecular weight is 206 g/mol. The molecule has 0 aliphatic heterocycles. The van der Waals surface area contributed by atoms with Gasteiger partial charge in [0.15, 0.2) is 0 Å². The van der Waals surface area contributed by atoms with E-state index in [0.29, 0.717) is 6.54 Å². The minimum absolute atomic E-state index is 0.0871. The smallest absolute Gasteiger partial charge is 0.313 e. The molecular weight excluding hydrogens is 195 g/mol. The Morgan fingerprint density at radius 2 is 2.08 bits per heavy atom. The number of hydrogen-bond acceptors (Lipinski definition) is 2. The van der Waals surface area contributed by atoms with Crippen molar-refractivity contribution in [3.63, 3.8) is 0 Å². The van der Waals surface area contributed by atoms with Crippen LogP contribution in [0.15, 0.2) is 0 Å². The van der Waals surface area contributed by atoms with Crippen LogP contribution in [0.2, 0.25) is 0 Å². The highest BCUT2D eigenvalue weighted by Gasteiger charge is 2.28. The topological polar surface area (TPSA) is 21.3 Å². The van der Waals surface area contributed by atoms with E-state index in [1.54, 1.807) is 6.92 Å². The lowest BCUT2D eigenvalue weighted by Gasteiger charge is -2.08. The van der Waals surface area contributed by atoms with Crippen molar-refractivity contribution in [1.29, 1.82) is 0 Å². The fourth-order valence-electron chi connectivity index (χ4n) is 0.540. The number of halogens is 4. The lowest BCUT2D eigenvalue weighted by atomic mass is 10.4. The van der Waals surface area contributed by atoms with Gasteiger partial charge in [0.05, 0.1) is 6.61 Å². The van der Waals surface area contributed by atoms with E-state index in [1.165, 1.54) is 0 Å². The molecule has 0 bridgehead atoms. The molecule has 0 aliphatic carbocycles. The molecule has 1 N–H and O–H groups in total. The molecule has 0 saturated carbocycles. The first-order valence-electron chi connectivity index (χ1n) is 3.47. The van der Waals surface area contributed by atoms with Gasteiger partial charge in [-0.1, -0.05) is 0 Å². The molecule has 1 unspecified atom stereocenters. The van der Waals surface area contributed by atoms with Gasteiger partial charge in [0, 0.05) is 18.5 Å². The van der Waals surface area contributed by atoms with E-state index in [4.69, 9.17) is 11.6 Å². The van der Waals surface area contributed by atoms with Gasteiger partial charge >= 0.3 is 6.36 Å². The van der Waals surface area contributed by atoms with Crippen LogP contribution in [0.1, 0.15) is 6.92 Å². The van der Waals surface area contributed by atoms with E-state index in [1.807, 2.05) is 0 Å². The summed E-state index contributed by atoms with van der Waals surface area (Å²) in [5, 5.41) is 2.61. The summed E-state index contributed by atoms with van der Waals surface area (Å²) >= 11 is 5.52. The van der Waals surface area contributed by atoms with Crippen LogP contribution < -0.4 is 5.32 Å². The molecule has 0 aromatic heterocycles. The summed E-state index contributed by atoms with van der Waals surface area (Å²) in [5.74, 6) is 0. The number of ether oxygens (including phenoxy) is 1. The van der Waals surface area contributed by atoms with Crippen LogP contribution in [0.3, 0.4) is 0 Å². The monoisotopic (exact) mass is 205 g/mol. The molecule has 0 spiro atoms. The largest absolute Gasteiger partial charge is 0.522 e. The summed E-state index contributed by atoms with van der Waals surface area (Å²) in [6, 6.07) is 0. The Kier molecular flexibility index (Phi) is 5.61. The van der Waals surface area contributed by atoms with Gasteiger partial charge in [-0.15, -0.1) is 24.8 Å². The summed E-state index contributed by atoms with van der Waals surface area (Å²) < 4.78 is 37.6. The highest BCUT2D eigenvalue weighted by Crippen LogP contribution is 2.14. The van der Waals surface area contributed by atoms with Crippen LogP contribution >= 0.6 is 11.6 Å². The van der Waals surface area contributed by atoms with Gasteiger partial charge in [0.2, 0.25) is 0 Å². The third-order valence-corrected chi connectivity index (χ3v) is 1.12. The van der Waals surface area contributed by atoms with E-state index < -0.39 is 6.36 Å². The third-order valence-electron chi connectivity index (χ3n) is 0.970. The lowest BCUT2D eigenvalue weighted by Crippen LogP contribution is -2.27. The third kappa shape index (κ3) is 10.0. The van der Waals surface area contributed by atoms with Gasteiger partial charge in [0.25, 0.3) is 0 Å².